The molecule has 0 aromatic rings. The quantitative estimate of drug-likeness (QED) is 0.370. The fraction of sp³-hybridized carbons (Fsp3) is 0.857. The molecule has 0 aliphatic carbocycles. The van der Waals surface area contributed by atoms with Crippen molar-refractivity contribution < 1.29 is 16.5 Å². The molecule has 0 spiro atoms. The van der Waals surface area contributed by atoms with Gasteiger partial charge in [0.2, 0.25) is 0 Å². The first-order chi connectivity index (χ1) is 9.62. The topological polar surface area (TPSA) is 75.8 Å². The van der Waals surface area contributed by atoms with Crippen molar-refractivity contribution in [2.45, 2.75) is 39.5 Å². The van der Waals surface area contributed by atoms with Crippen molar-refractivity contribution in [2.24, 2.45) is 11.8 Å². The van der Waals surface area contributed by atoms with Gasteiger partial charge in [-0.2, -0.15) is 0 Å². The van der Waals surface area contributed by atoms with E-state index in [1.54, 1.807) is 0 Å². The first-order valence-electron chi connectivity index (χ1n) is 6.91. The number of piperidine rings is 2. The summed E-state index contributed by atoms with van der Waals surface area (Å²) in [5.41, 5.74) is 0. The van der Waals surface area contributed by atoms with E-state index in [-0.39, 0.29) is 16.5 Å². The SMILES string of the molecule is CC1CC[N-]CC1.CC1CC[N-]CC1.N#C[S-].N#C[S-].[Ni]. The Labute approximate surface area is 151 Å². The summed E-state index contributed by atoms with van der Waals surface area (Å²) in [6.45, 7) is 9.05. The summed E-state index contributed by atoms with van der Waals surface area (Å²) in [5, 5.41) is 25.4. The van der Waals surface area contributed by atoms with Crippen molar-refractivity contribution in [1.29, 1.82) is 10.5 Å². The van der Waals surface area contributed by atoms with Crippen LogP contribution in [0.3, 0.4) is 0 Å². The Bertz CT molecular complexity index is 239. The Morgan fingerprint density at radius 3 is 1.05 bits per heavy atom. The van der Waals surface area contributed by atoms with Crippen LogP contribution in [-0.4, -0.2) is 26.2 Å². The van der Waals surface area contributed by atoms with E-state index in [0.29, 0.717) is 0 Å². The Kier molecular flexibility index (Phi) is 27.1. The van der Waals surface area contributed by atoms with Crippen LogP contribution >= 0.6 is 0 Å². The van der Waals surface area contributed by atoms with E-state index in [1.165, 1.54) is 36.5 Å². The maximum absolute atomic E-state index is 7.13. The zero-order valence-corrected chi connectivity index (χ0v) is 15.4. The van der Waals surface area contributed by atoms with Crippen molar-refractivity contribution in [1.82, 2.24) is 0 Å². The smallest absolute Gasteiger partial charge is 0 e. The molecule has 2 heterocycles. The minimum atomic E-state index is 0. The summed E-state index contributed by atoms with van der Waals surface area (Å²) in [6.07, 6.45) is 5.28. The zero-order chi connectivity index (χ0) is 15.6. The molecule has 2 aliphatic rings. The Morgan fingerprint density at radius 2 is 0.952 bits per heavy atom. The fourth-order valence-corrected chi connectivity index (χ4v) is 1.76. The Morgan fingerprint density at radius 1 is 0.762 bits per heavy atom. The third-order valence-electron chi connectivity index (χ3n) is 3.12. The van der Waals surface area contributed by atoms with Gasteiger partial charge in [-0.25, -0.2) is 10.5 Å². The van der Waals surface area contributed by atoms with Crippen LogP contribution in [0, 0.1) is 33.2 Å². The Balaban J connectivity index is -0.000000220. The van der Waals surface area contributed by atoms with Crippen LogP contribution in [0.15, 0.2) is 0 Å². The molecule has 21 heavy (non-hydrogen) atoms. The molecule has 2 aliphatic heterocycles. The van der Waals surface area contributed by atoms with E-state index in [1.807, 2.05) is 0 Å². The summed E-state index contributed by atoms with van der Waals surface area (Å²) in [7, 11) is 0. The average molecular weight is 371 g/mol. The number of hydrogen-bond donors (Lipinski definition) is 0. The average Bonchev–Trinajstić information content (AvgIpc) is 2.43. The van der Waals surface area contributed by atoms with Crippen LogP contribution in [0.1, 0.15) is 39.5 Å². The molecule has 126 valence electrons. The van der Waals surface area contributed by atoms with Gasteiger partial charge in [-0.1, -0.05) is 50.3 Å². The van der Waals surface area contributed by atoms with Gasteiger partial charge in [-0.05, 0) is 11.8 Å². The third-order valence-corrected chi connectivity index (χ3v) is 3.12. The van der Waals surface area contributed by atoms with Crippen LogP contribution < -0.4 is 0 Å². The van der Waals surface area contributed by atoms with E-state index in [9.17, 15) is 0 Å². The summed E-state index contributed by atoms with van der Waals surface area (Å²) in [4.78, 5) is 0. The summed E-state index contributed by atoms with van der Waals surface area (Å²) in [6, 6.07) is 0. The molecule has 7 heteroatoms. The van der Waals surface area contributed by atoms with E-state index < -0.39 is 0 Å². The van der Waals surface area contributed by atoms with Crippen molar-refractivity contribution in [3.63, 3.8) is 0 Å². The molecular weight excluding hydrogens is 347 g/mol. The van der Waals surface area contributed by atoms with E-state index >= 15 is 0 Å². The zero-order valence-electron chi connectivity index (χ0n) is 12.7. The first kappa shape index (κ1) is 25.8. The largest absolute Gasteiger partial charge is 0.696 e. The maximum Gasteiger partial charge on any atom is 0 e. The predicted molar refractivity (Wildman–Crippen MR) is 88.9 cm³/mol. The van der Waals surface area contributed by atoms with Gasteiger partial charge < -0.3 is 35.9 Å². The van der Waals surface area contributed by atoms with Gasteiger partial charge >= 0.3 is 0 Å². The predicted octanol–water partition coefficient (Wildman–Crippen LogP) is 3.61. The van der Waals surface area contributed by atoms with Crippen LogP contribution in [-0.2, 0) is 41.7 Å². The molecule has 0 bridgehead atoms. The number of nitrogens with zero attached hydrogens (tertiary/aromatic N) is 4. The summed E-state index contributed by atoms with van der Waals surface area (Å²) in [5.74, 6) is 1.88. The molecule has 0 unspecified atom stereocenters. The van der Waals surface area contributed by atoms with Crippen molar-refractivity contribution >= 4 is 25.3 Å². The molecule has 2 saturated heterocycles. The van der Waals surface area contributed by atoms with Crippen LogP contribution in [0.5, 0.6) is 0 Å². The molecule has 0 aromatic heterocycles. The minimum Gasteiger partial charge on any atom is -0.696 e. The fourth-order valence-electron chi connectivity index (χ4n) is 1.76. The standard InChI is InChI=1S/2C6H12N.2CHNS.Ni/c2*1-6-2-4-7-5-3-6;2*2-1-3;/h2*6H,2-5H2,1H3;2*3H;/q2*-1;;;/p-2. The molecule has 2 fully saturated rings. The number of thiocyanates is 2. The normalized spacial score (nSPS) is 17.5. The number of rotatable bonds is 0. The molecule has 2 rings (SSSR count). The molecule has 0 N–H and O–H groups in total. The van der Waals surface area contributed by atoms with Gasteiger partial charge in [0.15, 0.2) is 0 Å². The monoisotopic (exact) mass is 370 g/mol. The molecule has 0 atom stereocenters. The van der Waals surface area contributed by atoms with Crippen LogP contribution in [0.4, 0.5) is 0 Å². The first-order valence-corrected chi connectivity index (χ1v) is 7.72. The third kappa shape index (κ3) is 25.2. The molecule has 0 saturated carbocycles. The van der Waals surface area contributed by atoms with Crippen LogP contribution in [0.2, 0.25) is 0 Å². The van der Waals surface area contributed by atoms with E-state index in [4.69, 9.17) is 10.5 Å². The maximum atomic E-state index is 7.13. The van der Waals surface area contributed by atoms with Crippen molar-refractivity contribution in [2.75, 3.05) is 26.2 Å². The van der Waals surface area contributed by atoms with E-state index in [2.05, 4.69) is 49.7 Å². The van der Waals surface area contributed by atoms with Gasteiger partial charge in [-0.15, -0.1) is 26.2 Å². The van der Waals surface area contributed by atoms with Gasteiger partial charge in [0.25, 0.3) is 0 Å². The second-order valence-electron chi connectivity index (χ2n) is 4.89. The van der Waals surface area contributed by atoms with Crippen molar-refractivity contribution in [3.8, 4) is 10.8 Å². The number of hydrogen-bond acceptors (Lipinski definition) is 4. The van der Waals surface area contributed by atoms with Crippen molar-refractivity contribution in [3.05, 3.63) is 10.6 Å². The molecule has 4 nitrogen and oxygen atoms in total. The van der Waals surface area contributed by atoms with Gasteiger partial charge in [0.05, 0.1) is 0 Å². The van der Waals surface area contributed by atoms with Gasteiger partial charge in [0.1, 0.15) is 0 Å². The molecule has 0 aromatic carbocycles. The van der Waals surface area contributed by atoms with Gasteiger partial charge in [0, 0.05) is 16.5 Å². The molecule has 0 radical (unpaired) electrons. The second-order valence-corrected chi connectivity index (χ2v) is 5.25. The molecular formula is C14H24N4NiS2-4. The van der Waals surface area contributed by atoms with E-state index in [0.717, 1.165) is 38.0 Å². The summed E-state index contributed by atoms with van der Waals surface area (Å²) < 4.78 is 0. The van der Waals surface area contributed by atoms with Gasteiger partial charge in [-0.3, -0.25) is 0 Å². The second kappa shape index (κ2) is 22.1. The molecule has 0 amide bonds. The minimum absolute atomic E-state index is 0. The Hall–Kier alpha value is -0.166. The number of nitriles is 2. The van der Waals surface area contributed by atoms with Crippen LogP contribution in [0.25, 0.3) is 10.6 Å². The summed E-state index contributed by atoms with van der Waals surface area (Å²) >= 11 is 7.40.